The molecule has 20 heavy (non-hydrogen) atoms. The number of carbonyl (C=O) groups excluding carboxylic acids is 1. The van der Waals surface area contributed by atoms with E-state index in [1.165, 1.54) is 49.0 Å². The molecule has 3 heteroatoms. The van der Waals surface area contributed by atoms with Crippen LogP contribution in [-0.4, -0.2) is 16.0 Å². The van der Waals surface area contributed by atoms with Gasteiger partial charge in [-0.25, -0.2) is 0 Å². The summed E-state index contributed by atoms with van der Waals surface area (Å²) in [5, 5.41) is 0. The zero-order valence-corrected chi connectivity index (χ0v) is 13.7. The highest BCUT2D eigenvalue weighted by Crippen LogP contribution is 2.31. The van der Waals surface area contributed by atoms with Crippen molar-refractivity contribution in [2.75, 3.05) is 6.54 Å². The monoisotopic (exact) mass is 379 g/mol. The maximum atomic E-state index is 11.3. The normalized spacial score (nSPS) is 18.6. The Morgan fingerprint density at radius 1 is 1.10 bits per heavy atom. The highest BCUT2D eigenvalue weighted by atomic mass is 127. The molecule has 0 fully saturated rings. The van der Waals surface area contributed by atoms with Gasteiger partial charge in [0.1, 0.15) is 0 Å². The summed E-state index contributed by atoms with van der Waals surface area (Å²) in [6.07, 6.45) is 7.21. The van der Waals surface area contributed by atoms with Crippen LogP contribution in [0.3, 0.4) is 0 Å². The maximum absolute atomic E-state index is 11.3. The van der Waals surface area contributed by atoms with E-state index in [9.17, 15) is 4.79 Å². The summed E-state index contributed by atoms with van der Waals surface area (Å²) in [6, 6.07) is 7.96. The van der Waals surface area contributed by atoms with Crippen LogP contribution in [0.15, 0.2) is 40.4 Å². The van der Waals surface area contributed by atoms with E-state index in [1.54, 1.807) is 5.57 Å². The molecule has 1 aromatic carbocycles. The van der Waals surface area contributed by atoms with Crippen LogP contribution in [0.4, 0.5) is 0 Å². The van der Waals surface area contributed by atoms with E-state index in [1.807, 2.05) is 34.7 Å². The number of benzene rings is 1. The van der Waals surface area contributed by atoms with E-state index in [0.29, 0.717) is 0 Å². The lowest BCUT2D eigenvalue weighted by molar-refractivity contribution is 0.110. The summed E-state index contributed by atoms with van der Waals surface area (Å²) >= 11 is 1.83. The fraction of sp³-hybridized carbons (Fsp3) is 0.412. The summed E-state index contributed by atoms with van der Waals surface area (Å²) in [7, 11) is 0. The molecule has 104 valence electrons. The Morgan fingerprint density at radius 2 is 1.85 bits per heavy atom. The first-order valence-corrected chi connectivity index (χ1v) is 8.35. The third-order valence-corrected chi connectivity index (χ3v) is 4.82. The van der Waals surface area contributed by atoms with Crippen molar-refractivity contribution >= 4 is 32.1 Å². The molecule has 0 N–H and O–H groups in total. The molecule has 0 radical (unpaired) electrons. The summed E-state index contributed by atoms with van der Waals surface area (Å²) < 4.78 is 0.0985. The van der Waals surface area contributed by atoms with Crippen molar-refractivity contribution in [3.05, 3.63) is 46.5 Å². The lowest BCUT2D eigenvalue weighted by atomic mass is 9.84. The average molecular weight is 379 g/mol. The number of rotatable bonds is 3. The van der Waals surface area contributed by atoms with Crippen molar-refractivity contribution in [1.29, 1.82) is 0 Å². The summed E-state index contributed by atoms with van der Waals surface area (Å²) in [5.74, 6) is 0. The van der Waals surface area contributed by atoms with E-state index in [2.05, 4.69) is 12.1 Å². The maximum Gasteiger partial charge on any atom is 0.222 e. The smallest absolute Gasteiger partial charge is 0.222 e. The number of aliphatic imine (C=N–C) groups is 1. The topological polar surface area (TPSA) is 29.4 Å². The number of dihydropyridines is 1. The van der Waals surface area contributed by atoms with Crippen LogP contribution >= 0.6 is 22.6 Å². The molecule has 2 aliphatic rings. The first-order chi connectivity index (χ1) is 9.74. The van der Waals surface area contributed by atoms with Gasteiger partial charge in [-0.2, -0.15) is 0 Å². The van der Waals surface area contributed by atoms with E-state index in [4.69, 9.17) is 4.99 Å². The van der Waals surface area contributed by atoms with Gasteiger partial charge in [-0.1, -0.05) is 29.8 Å². The molecule has 1 heterocycles. The van der Waals surface area contributed by atoms with E-state index < -0.39 is 0 Å². The predicted molar refractivity (Wildman–Crippen MR) is 90.9 cm³/mol. The van der Waals surface area contributed by atoms with Gasteiger partial charge in [0.25, 0.3) is 0 Å². The first kappa shape index (κ1) is 14.0. The number of allylic oxidation sites excluding steroid dienone is 1. The Labute approximate surface area is 133 Å². The molecule has 0 bridgehead atoms. The fourth-order valence-electron chi connectivity index (χ4n) is 3.12. The summed E-state index contributed by atoms with van der Waals surface area (Å²) in [4.78, 5) is 16.0. The molecule has 0 saturated heterocycles. The Morgan fingerprint density at radius 3 is 2.60 bits per heavy atom. The molecule has 0 amide bonds. The van der Waals surface area contributed by atoms with Gasteiger partial charge in [0.2, 0.25) is 3.79 Å². The van der Waals surface area contributed by atoms with Crippen molar-refractivity contribution in [2.45, 2.75) is 38.5 Å². The number of hydrogen-bond donors (Lipinski definition) is 0. The van der Waals surface area contributed by atoms with Gasteiger partial charge in [-0.3, -0.25) is 9.79 Å². The van der Waals surface area contributed by atoms with Crippen molar-refractivity contribution in [2.24, 2.45) is 4.99 Å². The molecule has 1 aliphatic carbocycles. The number of halogens is 1. The SMILES string of the molecule is O=C(I)c1ccc(CC2=NCCC3=C2CCCC3)cc1. The van der Waals surface area contributed by atoms with Crippen LogP contribution < -0.4 is 0 Å². The van der Waals surface area contributed by atoms with Crippen LogP contribution in [0.25, 0.3) is 0 Å². The van der Waals surface area contributed by atoms with Crippen LogP contribution in [-0.2, 0) is 6.42 Å². The first-order valence-electron chi connectivity index (χ1n) is 7.27. The molecule has 0 unspecified atom stereocenters. The largest absolute Gasteiger partial charge is 0.289 e. The molecule has 0 atom stereocenters. The molecule has 1 aromatic rings. The quantitative estimate of drug-likeness (QED) is 0.561. The third kappa shape index (κ3) is 3.03. The molecule has 2 nitrogen and oxygen atoms in total. The van der Waals surface area contributed by atoms with Gasteiger partial charge in [0.15, 0.2) is 0 Å². The van der Waals surface area contributed by atoms with Gasteiger partial charge in [-0.05, 0) is 43.2 Å². The average Bonchev–Trinajstić information content (AvgIpc) is 2.48. The Bertz CT molecular complexity index is 584. The summed E-state index contributed by atoms with van der Waals surface area (Å²) in [6.45, 7) is 0.957. The van der Waals surface area contributed by atoms with Crippen molar-refractivity contribution in [3.63, 3.8) is 0 Å². The number of carbonyl (C=O) groups is 1. The van der Waals surface area contributed by atoms with E-state index in [0.717, 1.165) is 18.5 Å². The van der Waals surface area contributed by atoms with Crippen LogP contribution in [0.5, 0.6) is 0 Å². The van der Waals surface area contributed by atoms with Gasteiger partial charge in [0, 0.05) is 46.8 Å². The van der Waals surface area contributed by atoms with Crippen molar-refractivity contribution < 1.29 is 4.79 Å². The van der Waals surface area contributed by atoms with Crippen molar-refractivity contribution in [1.82, 2.24) is 0 Å². The molecular weight excluding hydrogens is 361 g/mol. The Hall–Kier alpha value is -0.970. The molecule has 0 aromatic heterocycles. The predicted octanol–water partition coefficient (Wildman–Crippen LogP) is 4.52. The number of nitrogens with zero attached hydrogens (tertiary/aromatic N) is 1. The third-order valence-electron chi connectivity index (χ3n) is 4.20. The molecule has 3 rings (SSSR count). The highest BCUT2D eigenvalue weighted by molar-refractivity contribution is 14.1. The molecule has 0 saturated carbocycles. The molecule has 1 aliphatic heterocycles. The van der Waals surface area contributed by atoms with E-state index >= 15 is 0 Å². The van der Waals surface area contributed by atoms with Crippen molar-refractivity contribution in [3.8, 4) is 0 Å². The Kier molecular flexibility index (Phi) is 4.34. The Balaban J connectivity index is 1.78. The van der Waals surface area contributed by atoms with Gasteiger partial charge in [-0.15, -0.1) is 0 Å². The standard InChI is InChI=1S/C17H18INO/c18-17(20)14-7-5-12(6-8-14)11-16-15-4-2-1-3-13(15)9-10-19-16/h5-8H,1-4,9-11H2. The zero-order valence-electron chi connectivity index (χ0n) is 11.5. The minimum atomic E-state index is 0.0985. The highest BCUT2D eigenvalue weighted by Gasteiger charge is 2.20. The van der Waals surface area contributed by atoms with E-state index in [-0.39, 0.29) is 3.79 Å². The minimum Gasteiger partial charge on any atom is -0.289 e. The lowest BCUT2D eigenvalue weighted by Crippen LogP contribution is -2.18. The fourth-order valence-corrected chi connectivity index (χ4v) is 3.48. The molecular formula is C17H18INO. The van der Waals surface area contributed by atoms with Gasteiger partial charge in [0.05, 0.1) is 0 Å². The second-order valence-corrected chi connectivity index (χ2v) is 6.49. The van der Waals surface area contributed by atoms with Crippen LogP contribution in [0.2, 0.25) is 0 Å². The number of hydrogen-bond acceptors (Lipinski definition) is 2. The molecule has 0 spiro atoms. The minimum absolute atomic E-state index is 0.0985. The van der Waals surface area contributed by atoms with Gasteiger partial charge < -0.3 is 0 Å². The van der Waals surface area contributed by atoms with Crippen LogP contribution in [0, 0.1) is 0 Å². The second kappa shape index (κ2) is 6.20. The lowest BCUT2D eigenvalue weighted by Gasteiger charge is -2.25. The second-order valence-electron chi connectivity index (χ2n) is 5.52. The van der Waals surface area contributed by atoms with Gasteiger partial charge >= 0.3 is 0 Å². The zero-order chi connectivity index (χ0) is 13.9. The summed E-state index contributed by atoms with van der Waals surface area (Å²) in [5.41, 5.74) is 6.51. The van der Waals surface area contributed by atoms with Crippen LogP contribution in [0.1, 0.15) is 48.0 Å².